The fraction of sp³-hybridized carbons (Fsp3) is 0. The van der Waals surface area contributed by atoms with Gasteiger partial charge in [-0.15, -0.1) is 0 Å². The van der Waals surface area contributed by atoms with Gasteiger partial charge in [-0.1, -0.05) is 158 Å². The van der Waals surface area contributed by atoms with Gasteiger partial charge in [0.05, 0.1) is 11.4 Å². The summed E-state index contributed by atoms with van der Waals surface area (Å²) in [5.74, 6) is 0.680. The van der Waals surface area contributed by atoms with Gasteiger partial charge in [-0.25, -0.2) is 9.97 Å². The number of nitrogens with zero attached hydrogens (tertiary/aromatic N) is 2. The van der Waals surface area contributed by atoms with Crippen molar-refractivity contribution in [3.63, 3.8) is 0 Å². The van der Waals surface area contributed by atoms with Crippen molar-refractivity contribution >= 4 is 43.5 Å². The van der Waals surface area contributed by atoms with Crippen LogP contribution in [0.5, 0.6) is 0 Å². The number of fused-ring (bicyclic) bond motifs is 5. The second-order valence-electron chi connectivity index (χ2n) is 14.6. The first-order chi connectivity index (χ1) is 28.2. The molecule has 11 aromatic rings. The van der Waals surface area contributed by atoms with Gasteiger partial charge in [0, 0.05) is 27.5 Å². The third-order valence-corrected chi connectivity index (χ3v) is 11.1. The Labute approximate surface area is 330 Å². The van der Waals surface area contributed by atoms with Crippen molar-refractivity contribution in [3.8, 4) is 67.3 Å². The molecule has 0 saturated heterocycles. The Balaban J connectivity index is 1.09. The minimum Gasteiger partial charge on any atom is -0.456 e. The minimum atomic E-state index is 0.680. The molecule has 11 rings (SSSR count). The molecule has 9 aromatic carbocycles. The first-order valence-corrected chi connectivity index (χ1v) is 19.3. The van der Waals surface area contributed by atoms with Gasteiger partial charge in [-0.2, -0.15) is 0 Å². The van der Waals surface area contributed by atoms with Crippen LogP contribution >= 0.6 is 0 Å². The molecule has 0 unspecified atom stereocenters. The molecule has 3 nitrogen and oxygen atoms in total. The predicted molar refractivity (Wildman–Crippen MR) is 237 cm³/mol. The van der Waals surface area contributed by atoms with E-state index in [1.807, 2.05) is 18.2 Å². The topological polar surface area (TPSA) is 38.9 Å². The molecule has 266 valence electrons. The van der Waals surface area contributed by atoms with Crippen molar-refractivity contribution in [1.82, 2.24) is 9.97 Å². The molecule has 0 N–H and O–H groups in total. The molecule has 0 amide bonds. The third-order valence-electron chi connectivity index (χ3n) is 11.1. The average molecular weight is 727 g/mol. The van der Waals surface area contributed by atoms with Crippen molar-refractivity contribution in [3.05, 3.63) is 206 Å². The van der Waals surface area contributed by atoms with Crippen LogP contribution in [0.4, 0.5) is 0 Å². The van der Waals surface area contributed by atoms with Crippen molar-refractivity contribution in [1.29, 1.82) is 0 Å². The largest absolute Gasteiger partial charge is 0.456 e. The van der Waals surface area contributed by atoms with E-state index in [0.29, 0.717) is 5.82 Å². The summed E-state index contributed by atoms with van der Waals surface area (Å²) in [7, 11) is 0. The summed E-state index contributed by atoms with van der Waals surface area (Å²) in [6.45, 7) is 0. The zero-order valence-electron chi connectivity index (χ0n) is 30.9. The molecule has 2 aromatic heterocycles. The highest BCUT2D eigenvalue weighted by atomic mass is 16.3. The summed E-state index contributed by atoms with van der Waals surface area (Å²) in [5.41, 5.74) is 13.4. The lowest BCUT2D eigenvalue weighted by atomic mass is 9.91. The Hall–Kier alpha value is -7.62. The second-order valence-corrected chi connectivity index (χ2v) is 14.6. The van der Waals surface area contributed by atoms with Crippen molar-refractivity contribution in [2.75, 3.05) is 0 Å². The fourth-order valence-electron chi connectivity index (χ4n) is 8.14. The summed E-state index contributed by atoms with van der Waals surface area (Å²) >= 11 is 0. The standard InChI is InChI=1S/C54H34N2O/c1-2-13-38(14-3-1)50-34-51(56-54(55-50)39-24-21-36(22-25-39)41-26-23-35-11-4-5-15-40(35)29-41)45-31-43(30-44(32-45)47-19-10-16-37-12-6-7-17-46(37)47)42-27-28-53-49(33-42)48-18-8-9-20-52(48)57-53/h1-34H. The van der Waals surface area contributed by atoms with Crippen molar-refractivity contribution in [2.45, 2.75) is 0 Å². The molecule has 0 saturated carbocycles. The smallest absolute Gasteiger partial charge is 0.160 e. The molecule has 0 aliphatic carbocycles. The van der Waals surface area contributed by atoms with E-state index in [9.17, 15) is 0 Å². The van der Waals surface area contributed by atoms with Crippen molar-refractivity contribution in [2.24, 2.45) is 0 Å². The zero-order valence-corrected chi connectivity index (χ0v) is 30.9. The SMILES string of the molecule is c1ccc(-c2cc(-c3cc(-c4ccc5oc6ccccc6c5c4)cc(-c4cccc5ccccc45)c3)nc(-c3ccc(-c4ccc5ccccc5c4)cc3)n2)cc1. The minimum absolute atomic E-state index is 0.680. The number of aromatic nitrogens is 2. The van der Waals surface area contributed by atoms with E-state index < -0.39 is 0 Å². The highest BCUT2D eigenvalue weighted by Crippen LogP contribution is 2.39. The van der Waals surface area contributed by atoms with E-state index >= 15 is 0 Å². The predicted octanol–water partition coefficient (Wildman–Crippen LogP) is 14.7. The van der Waals surface area contributed by atoms with Crippen LogP contribution in [-0.4, -0.2) is 9.97 Å². The number of furan rings is 1. The normalized spacial score (nSPS) is 11.5. The Morgan fingerprint density at radius 1 is 0.281 bits per heavy atom. The average Bonchev–Trinajstić information content (AvgIpc) is 3.67. The lowest BCUT2D eigenvalue weighted by Crippen LogP contribution is -1.97. The Morgan fingerprint density at radius 2 is 0.877 bits per heavy atom. The Bertz CT molecular complexity index is 3280. The number of para-hydroxylation sites is 1. The molecular weight excluding hydrogens is 693 g/mol. The highest BCUT2D eigenvalue weighted by Gasteiger charge is 2.16. The van der Waals surface area contributed by atoms with E-state index in [-0.39, 0.29) is 0 Å². The monoisotopic (exact) mass is 726 g/mol. The van der Waals surface area contributed by atoms with Gasteiger partial charge in [0.25, 0.3) is 0 Å². The number of benzene rings is 9. The molecule has 0 bridgehead atoms. The van der Waals surface area contributed by atoms with E-state index in [4.69, 9.17) is 14.4 Å². The lowest BCUT2D eigenvalue weighted by Gasteiger charge is -2.14. The first-order valence-electron chi connectivity index (χ1n) is 19.3. The number of rotatable bonds is 6. The first kappa shape index (κ1) is 32.8. The molecule has 0 aliphatic rings. The van der Waals surface area contributed by atoms with Gasteiger partial charge in [-0.05, 0) is 103 Å². The maximum absolute atomic E-state index is 6.22. The van der Waals surface area contributed by atoms with E-state index in [2.05, 4.69) is 188 Å². The molecule has 0 aliphatic heterocycles. The van der Waals surface area contributed by atoms with E-state index in [0.717, 1.165) is 72.3 Å². The molecule has 57 heavy (non-hydrogen) atoms. The van der Waals surface area contributed by atoms with Crippen LogP contribution in [0.25, 0.3) is 111 Å². The van der Waals surface area contributed by atoms with Crippen molar-refractivity contribution < 1.29 is 4.42 Å². The maximum Gasteiger partial charge on any atom is 0.160 e. The summed E-state index contributed by atoms with van der Waals surface area (Å²) < 4.78 is 6.22. The lowest BCUT2D eigenvalue weighted by molar-refractivity contribution is 0.669. The van der Waals surface area contributed by atoms with Gasteiger partial charge in [0.15, 0.2) is 5.82 Å². The van der Waals surface area contributed by atoms with Crippen LogP contribution in [0, 0.1) is 0 Å². The van der Waals surface area contributed by atoms with Crippen LogP contribution < -0.4 is 0 Å². The molecule has 2 heterocycles. The molecule has 0 atom stereocenters. The summed E-state index contributed by atoms with van der Waals surface area (Å²) in [4.78, 5) is 10.5. The molecule has 0 fully saturated rings. The fourth-order valence-corrected chi connectivity index (χ4v) is 8.14. The van der Waals surface area contributed by atoms with Gasteiger partial charge in [-0.3, -0.25) is 0 Å². The zero-order chi connectivity index (χ0) is 37.7. The summed E-state index contributed by atoms with van der Waals surface area (Å²) in [6.07, 6.45) is 0. The Kier molecular flexibility index (Phi) is 7.82. The summed E-state index contributed by atoms with van der Waals surface area (Å²) in [6, 6.07) is 73.0. The van der Waals surface area contributed by atoms with Crippen LogP contribution in [0.15, 0.2) is 211 Å². The highest BCUT2D eigenvalue weighted by molar-refractivity contribution is 6.06. The van der Waals surface area contributed by atoms with Crippen LogP contribution in [0.3, 0.4) is 0 Å². The molecule has 3 heteroatoms. The van der Waals surface area contributed by atoms with Gasteiger partial charge < -0.3 is 4.42 Å². The quantitative estimate of drug-likeness (QED) is 0.171. The van der Waals surface area contributed by atoms with Crippen LogP contribution in [-0.2, 0) is 0 Å². The van der Waals surface area contributed by atoms with Gasteiger partial charge in [0.2, 0.25) is 0 Å². The van der Waals surface area contributed by atoms with Gasteiger partial charge >= 0.3 is 0 Å². The molecule has 0 radical (unpaired) electrons. The number of hydrogen-bond donors (Lipinski definition) is 0. The third kappa shape index (κ3) is 6.03. The molecular formula is C54H34N2O. The second kappa shape index (κ2) is 13.6. The Morgan fingerprint density at radius 3 is 1.74 bits per heavy atom. The van der Waals surface area contributed by atoms with E-state index in [1.165, 1.54) is 32.7 Å². The van der Waals surface area contributed by atoms with E-state index in [1.54, 1.807) is 0 Å². The van der Waals surface area contributed by atoms with Crippen LogP contribution in [0.2, 0.25) is 0 Å². The van der Waals surface area contributed by atoms with Gasteiger partial charge in [0.1, 0.15) is 11.2 Å². The van der Waals surface area contributed by atoms with Crippen LogP contribution in [0.1, 0.15) is 0 Å². The molecule has 0 spiro atoms. The number of hydrogen-bond acceptors (Lipinski definition) is 3. The summed E-state index contributed by atoms with van der Waals surface area (Å²) in [5, 5.41) is 7.09. The maximum atomic E-state index is 6.22.